The van der Waals surface area contributed by atoms with E-state index in [0.29, 0.717) is 11.4 Å². The molecule has 1 aromatic carbocycles. The van der Waals surface area contributed by atoms with Crippen molar-refractivity contribution in [3.63, 3.8) is 0 Å². The molecule has 0 saturated heterocycles. The van der Waals surface area contributed by atoms with Crippen molar-refractivity contribution in [2.45, 2.75) is 26.2 Å². The number of nitriles is 1. The minimum atomic E-state index is -0.490. The predicted octanol–water partition coefficient (Wildman–Crippen LogP) is 4.54. The summed E-state index contributed by atoms with van der Waals surface area (Å²) in [5.74, 6) is -0.490. The number of amides is 1. The lowest BCUT2D eigenvalue weighted by Crippen LogP contribution is -2.14. The van der Waals surface area contributed by atoms with Crippen LogP contribution in [0.1, 0.15) is 25.3 Å². The molecule has 0 bridgehead atoms. The van der Waals surface area contributed by atoms with Crippen molar-refractivity contribution >= 4 is 28.9 Å². The average molecular weight is 355 g/mol. The molecule has 0 aliphatic rings. The summed E-state index contributed by atoms with van der Waals surface area (Å²) in [6.07, 6.45) is 6.16. The first-order valence-electron chi connectivity index (χ1n) is 8.01. The topological polar surface area (TPSA) is 77.8 Å². The third-order valence-corrected chi connectivity index (χ3v) is 3.83. The van der Waals surface area contributed by atoms with E-state index in [9.17, 15) is 10.1 Å². The van der Waals surface area contributed by atoms with Gasteiger partial charge in [-0.3, -0.25) is 4.79 Å². The number of hydrogen-bond acceptors (Lipinski definition) is 4. The van der Waals surface area contributed by atoms with Gasteiger partial charge in [-0.1, -0.05) is 37.1 Å². The maximum absolute atomic E-state index is 12.2. The highest BCUT2D eigenvalue weighted by molar-refractivity contribution is 6.32. The fraction of sp³-hybridized carbons (Fsp3) is 0.211. The number of nitrogens with one attached hydrogen (secondary N) is 2. The van der Waals surface area contributed by atoms with Crippen LogP contribution in [-0.2, 0) is 11.2 Å². The highest BCUT2D eigenvalue weighted by Gasteiger charge is 2.10. The quantitative estimate of drug-likeness (QED) is 0.435. The molecule has 2 rings (SSSR count). The first kappa shape index (κ1) is 18.5. The van der Waals surface area contributed by atoms with E-state index in [1.54, 1.807) is 18.3 Å². The van der Waals surface area contributed by atoms with E-state index in [4.69, 9.17) is 11.6 Å². The lowest BCUT2D eigenvalue weighted by atomic mass is 10.1. The lowest BCUT2D eigenvalue weighted by molar-refractivity contribution is -0.112. The van der Waals surface area contributed by atoms with Crippen LogP contribution in [0.2, 0.25) is 5.15 Å². The summed E-state index contributed by atoms with van der Waals surface area (Å²) in [6, 6.07) is 12.9. The summed E-state index contributed by atoms with van der Waals surface area (Å²) in [5.41, 5.74) is 2.33. The minimum absolute atomic E-state index is 0.0602. The molecule has 5 nitrogen and oxygen atoms in total. The Morgan fingerprint density at radius 2 is 2.08 bits per heavy atom. The molecule has 1 aromatic heterocycles. The number of pyridine rings is 1. The van der Waals surface area contributed by atoms with E-state index >= 15 is 0 Å². The zero-order chi connectivity index (χ0) is 18.1. The zero-order valence-corrected chi connectivity index (χ0v) is 14.7. The van der Waals surface area contributed by atoms with Crippen LogP contribution < -0.4 is 10.6 Å². The Morgan fingerprint density at radius 1 is 1.32 bits per heavy atom. The molecule has 0 spiro atoms. The van der Waals surface area contributed by atoms with Crippen molar-refractivity contribution in [2.24, 2.45) is 0 Å². The zero-order valence-electron chi connectivity index (χ0n) is 13.9. The molecular weight excluding hydrogens is 336 g/mol. The molecule has 2 N–H and O–H groups in total. The standard InChI is InChI=1S/C19H19ClN4O/c1-2-3-5-14-7-9-16(10-8-14)24-19(25)15(12-21)13-23-17-6-4-11-22-18(17)20/h4,6-11,13,23H,2-3,5H2,1H3,(H,24,25)/b15-13-. The Hall–Kier alpha value is -2.84. The number of anilines is 2. The van der Waals surface area contributed by atoms with Gasteiger partial charge in [-0.25, -0.2) is 4.98 Å². The number of carbonyl (C=O) groups excluding carboxylic acids is 1. The van der Waals surface area contributed by atoms with Crippen molar-refractivity contribution in [1.29, 1.82) is 5.26 Å². The van der Waals surface area contributed by atoms with Crippen LogP contribution in [0.25, 0.3) is 0 Å². The van der Waals surface area contributed by atoms with Crippen molar-refractivity contribution in [2.75, 3.05) is 10.6 Å². The number of benzene rings is 1. The van der Waals surface area contributed by atoms with Gasteiger partial charge in [0.1, 0.15) is 11.6 Å². The molecular formula is C19H19ClN4O. The van der Waals surface area contributed by atoms with Gasteiger partial charge in [0.15, 0.2) is 5.15 Å². The second-order valence-corrected chi connectivity index (χ2v) is 5.77. The summed E-state index contributed by atoms with van der Waals surface area (Å²) in [7, 11) is 0. The second-order valence-electron chi connectivity index (χ2n) is 5.41. The minimum Gasteiger partial charge on any atom is -0.358 e. The second kappa shape index (κ2) is 9.45. The Kier molecular flexibility index (Phi) is 7.00. The number of carbonyl (C=O) groups is 1. The molecule has 0 fully saturated rings. The van der Waals surface area contributed by atoms with Crippen molar-refractivity contribution in [1.82, 2.24) is 4.98 Å². The maximum Gasteiger partial charge on any atom is 0.267 e. The SMILES string of the molecule is CCCCc1ccc(NC(=O)/C(C#N)=C\Nc2cccnc2Cl)cc1. The van der Waals surface area contributed by atoms with Crippen LogP contribution in [-0.4, -0.2) is 10.9 Å². The summed E-state index contributed by atoms with van der Waals surface area (Å²) >= 11 is 5.92. The van der Waals surface area contributed by atoms with Gasteiger partial charge in [-0.2, -0.15) is 5.26 Å². The number of aryl methyl sites for hydroxylation is 1. The third kappa shape index (κ3) is 5.63. The Balaban J connectivity index is 2.01. The molecule has 0 aliphatic heterocycles. The summed E-state index contributed by atoms with van der Waals surface area (Å²) < 4.78 is 0. The Labute approximate surface area is 152 Å². The molecule has 25 heavy (non-hydrogen) atoms. The van der Waals surface area contributed by atoms with E-state index in [1.165, 1.54) is 11.8 Å². The summed E-state index contributed by atoms with van der Waals surface area (Å²) in [4.78, 5) is 16.1. The van der Waals surface area contributed by atoms with Gasteiger partial charge >= 0.3 is 0 Å². The van der Waals surface area contributed by atoms with Crippen LogP contribution in [0.15, 0.2) is 54.4 Å². The van der Waals surface area contributed by atoms with E-state index in [1.807, 2.05) is 30.3 Å². The van der Waals surface area contributed by atoms with Crippen LogP contribution in [0.5, 0.6) is 0 Å². The van der Waals surface area contributed by atoms with Gasteiger partial charge in [0.25, 0.3) is 5.91 Å². The number of nitrogens with zero attached hydrogens (tertiary/aromatic N) is 2. The molecule has 1 amide bonds. The number of hydrogen-bond donors (Lipinski definition) is 2. The fourth-order valence-electron chi connectivity index (χ4n) is 2.13. The summed E-state index contributed by atoms with van der Waals surface area (Å²) in [5, 5.41) is 15.0. The molecule has 128 valence electrons. The number of rotatable bonds is 7. The molecule has 2 aromatic rings. The van der Waals surface area contributed by atoms with E-state index in [0.717, 1.165) is 19.3 Å². The Morgan fingerprint density at radius 3 is 2.72 bits per heavy atom. The van der Waals surface area contributed by atoms with Crippen molar-refractivity contribution < 1.29 is 4.79 Å². The monoisotopic (exact) mass is 354 g/mol. The first-order valence-corrected chi connectivity index (χ1v) is 8.39. The fourth-order valence-corrected chi connectivity index (χ4v) is 2.30. The van der Waals surface area contributed by atoms with Gasteiger partial charge in [0, 0.05) is 18.1 Å². The van der Waals surface area contributed by atoms with Gasteiger partial charge in [0.2, 0.25) is 0 Å². The van der Waals surface area contributed by atoms with Gasteiger partial charge in [0.05, 0.1) is 5.69 Å². The molecule has 6 heteroatoms. The average Bonchev–Trinajstić information content (AvgIpc) is 2.63. The number of unbranched alkanes of at least 4 members (excludes halogenated alkanes) is 1. The van der Waals surface area contributed by atoms with Crippen LogP contribution in [0.3, 0.4) is 0 Å². The molecule has 0 unspecified atom stereocenters. The number of halogens is 1. The molecule has 0 aliphatic carbocycles. The first-order chi connectivity index (χ1) is 12.1. The molecule has 0 radical (unpaired) electrons. The Bertz CT molecular complexity index is 794. The van der Waals surface area contributed by atoms with Crippen molar-refractivity contribution in [3.05, 3.63) is 65.1 Å². The highest BCUT2D eigenvalue weighted by Crippen LogP contribution is 2.18. The highest BCUT2D eigenvalue weighted by atomic mass is 35.5. The third-order valence-electron chi connectivity index (χ3n) is 3.53. The molecule has 0 atom stereocenters. The lowest BCUT2D eigenvalue weighted by Gasteiger charge is -2.07. The normalized spacial score (nSPS) is 10.8. The van der Waals surface area contributed by atoms with E-state index in [2.05, 4.69) is 22.5 Å². The summed E-state index contributed by atoms with van der Waals surface area (Å²) in [6.45, 7) is 2.15. The molecule has 1 heterocycles. The van der Waals surface area contributed by atoms with Gasteiger partial charge in [-0.15, -0.1) is 0 Å². The van der Waals surface area contributed by atoms with Crippen LogP contribution in [0, 0.1) is 11.3 Å². The largest absolute Gasteiger partial charge is 0.358 e. The predicted molar refractivity (Wildman–Crippen MR) is 100 cm³/mol. The van der Waals surface area contributed by atoms with Crippen molar-refractivity contribution in [3.8, 4) is 6.07 Å². The van der Waals surface area contributed by atoms with Crippen LogP contribution >= 0.6 is 11.6 Å². The van der Waals surface area contributed by atoms with Crippen LogP contribution in [0.4, 0.5) is 11.4 Å². The smallest absolute Gasteiger partial charge is 0.267 e. The maximum atomic E-state index is 12.2. The van der Waals surface area contributed by atoms with Gasteiger partial charge < -0.3 is 10.6 Å². The molecule has 0 saturated carbocycles. The number of aromatic nitrogens is 1. The van der Waals surface area contributed by atoms with E-state index < -0.39 is 5.91 Å². The van der Waals surface area contributed by atoms with E-state index in [-0.39, 0.29) is 10.7 Å². The van der Waals surface area contributed by atoms with Gasteiger partial charge in [-0.05, 0) is 42.7 Å².